The fourth-order valence-corrected chi connectivity index (χ4v) is 3.60. The fraction of sp³-hybridized carbons (Fsp3) is 1.00. The van der Waals surface area contributed by atoms with Crippen LogP contribution in [0.15, 0.2) is 0 Å². The van der Waals surface area contributed by atoms with E-state index in [1.54, 1.807) is 11.8 Å². The molecule has 0 radical (unpaired) electrons. The zero-order valence-corrected chi connectivity index (χ0v) is 7.26. The highest BCUT2D eigenvalue weighted by atomic mass is 32.2. The Hall–Kier alpha value is 0.270. The normalized spacial score (nSPS) is 50.7. The van der Waals surface area contributed by atoms with Crippen LogP contribution in [-0.2, 0) is 0 Å². The van der Waals surface area contributed by atoms with E-state index in [0.717, 1.165) is 25.7 Å². The maximum absolute atomic E-state index is 9.56. The monoisotopic (exact) mass is 174 g/mol. The number of fused-ring (bicyclic) bond motifs is 2. The predicted molar refractivity (Wildman–Crippen MR) is 45.6 cm³/mol. The molecule has 2 N–H and O–H groups in total. The van der Waals surface area contributed by atoms with Gasteiger partial charge in [0.25, 0.3) is 0 Å². The number of thioether (sulfide) groups is 1. The van der Waals surface area contributed by atoms with Gasteiger partial charge in [-0.15, -0.1) is 11.8 Å². The van der Waals surface area contributed by atoms with Gasteiger partial charge in [-0.1, -0.05) is 0 Å². The third kappa shape index (κ3) is 1.42. The lowest BCUT2D eigenvalue weighted by Crippen LogP contribution is -2.22. The van der Waals surface area contributed by atoms with Gasteiger partial charge in [-0.25, -0.2) is 0 Å². The molecule has 0 aromatic heterocycles. The van der Waals surface area contributed by atoms with Crippen molar-refractivity contribution < 1.29 is 10.2 Å². The topological polar surface area (TPSA) is 40.5 Å². The van der Waals surface area contributed by atoms with Crippen LogP contribution in [0, 0.1) is 0 Å². The summed E-state index contributed by atoms with van der Waals surface area (Å²) in [4.78, 5) is 0. The third-order valence-electron chi connectivity index (χ3n) is 2.70. The Morgan fingerprint density at radius 3 is 1.73 bits per heavy atom. The average molecular weight is 174 g/mol. The molecule has 0 aromatic carbocycles. The predicted octanol–water partition coefficient (Wildman–Crippen LogP) is 0.766. The third-order valence-corrected chi connectivity index (χ3v) is 4.50. The summed E-state index contributed by atoms with van der Waals surface area (Å²) in [7, 11) is 0. The Balaban J connectivity index is 2.07. The van der Waals surface area contributed by atoms with Gasteiger partial charge in [0, 0.05) is 10.5 Å². The van der Waals surface area contributed by atoms with E-state index in [4.69, 9.17) is 0 Å². The van der Waals surface area contributed by atoms with Crippen LogP contribution >= 0.6 is 11.8 Å². The van der Waals surface area contributed by atoms with Crippen molar-refractivity contribution in [3.63, 3.8) is 0 Å². The molecular weight excluding hydrogens is 160 g/mol. The summed E-state index contributed by atoms with van der Waals surface area (Å²) in [6.45, 7) is 0. The Bertz CT molecular complexity index is 135. The summed E-state index contributed by atoms with van der Waals surface area (Å²) in [5.74, 6) is 0. The van der Waals surface area contributed by atoms with Crippen LogP contribution in [0.4, 0.5) is 0 Å². The Labute approximate surface area is 71.0 Å². The minimum Gasteiger partial charge on any atom is -0.392 e. The zero-order valence-electron chi connectivity index (χ0n) is 6.44. The first-order valence-electron chi connectivity index (χ1n) is 4.29. The quantitative estimate of drug-likeness (QED) is 0.570. The van der Waals surface area contributed by atoms with E-state index in [2.05, 4.69) is 0 Å². The molecule has 2 heterocycles. The second kappa shape index (κ2) is 2.96. The lowest BCUT2D eigenvalue weighted by Gasteiger charge is -2.16. The summed E-state index contributed by atoms with van der Waals surface area (Å²) < 4.78 is 0. The molecule has 0 aromatic rings. The van der Waals surface area contributed by atoms with Crippen molar-refractivity contribution >= 4 is 11.8 Å². The van der Waals surface area contributed by atoms with Crippen LogP contribution in [0.2, 0.25) is 0 Å². The van der Waals surface area contributed by atoms with Crippen LogP contribution in [0.1, 0.15) is 25.7 Å². The second-order valence-electron chi connectivity index (χ2n) is 3.50. The first-order chi connectivity index (χ1) is 5.27. The molecule has 2 nitrogen and oxygen atoms in total. The van der Waals surface area contributed by atoms with Gasteiger partial charge in [0.1, 0.15) is 0 Å². The maximum Gasteiger partial charge on any atom is 0.0659 e. The van der Waals surface area contributed by atoms with E-state index in [-0.39, 0.29) is 12.2 Å². The van der Waals surface area contributed by atoms with E-state index in [0.29, 0.717) is 10.5 Å². The second-order valence-corrected chi connectivity index (χ2v) is 4.99. The van der Waals surface area contributed by atoms with Crippen molar-refractivity contribution in [3.8, 4) is 0 Å². The first kappa shape index (κ1) is 7.90. The molecule has 2 rings (SSSR count). The highest BCUT2D eigenvalue weighted by Crippen LogP contribution is 2.42. The average Bonchev–Trinajstić information content (AvgIpc) is 2.42. The number of aliphatic hydroxyl groups is 2. The van der Waals surface area contributed by atoms with Crippen LogP contribution in [0.3, 0.4) is 0 Å². The van der Waals surface area contributed by atoms with Gasteiger partial charge in [0.05, 0.1) is 12.2 Å². The fourth-order valence-electron chi connectivity index (χ4n) is 1.97. The number of rotatable bonds is 0. The van der Waals surface area contributed by atoms with Crippen molar-refractivity contribution in [3.05, 3.63) is 0 Å². The van der Waals surface area contributed by atoms with Gasteiger partial charge in [-0.05, 0) is 25.7 Å². The molecule has 2 aliphatic heterocycles. The van der Waals surface area contributed by atoms with E-state index in [9.17, 15) is 10.2 Å². The highest BCUT2D eigenvalue weighted by molar-refractivity contribution is 8.00. The Morgan fingerprint density at radius 1 is 0.818 bits per heavy atom. The summed E-state index contributed by atoms with van der Waals surface area (Å²) in [5, 5.41) is 20.0. The Morgan fingerprint density at radius 2 is 1.27 bits per heavy atom. The molecule has 2 bridgehead atoms. The van der Waals surface area contributed by atoms with Crippen molar-refractivity contribution in [2.24, 2.45) is 0 Å². The van der Waals surface area contributed by atoms with Gasteiger partial charge < -0.3 is 10.2 Å². The Kier molecular flexibility index (Phi) is 2.12. The lowest BCUT2D eigenvalue weighted by molar-refractivity contribution is 0.105. The largest absolute Gasteiger partial charge is 0.392 e. The standard InChI is InChI=1S/C8H14O2S/c9-5-1-2-6(10)8-4-3-7(5)11-8/h5-10H,1-4H2. The molecule has 0 amide bonds. The van der Waals surface area contributed by atoms with Gasteiger partial charge >= 0.3 is 0 Å². The number of hydrogen-bond acceptors (Lipinski definition) is 3. The van der Waals surface area contributed by atoms with Gasteiger partial charge in [0.2, 0.25) is 0 Å². The minimum absolute atomic E-state index is 0.165. The molecule has 2 saturated heterocycles. The highest BCUT2D eigenvalue weighted by Gasteiger charge is 2.37. The first-order valence-corrected chi connectivity index (χ1v) is 5.23. The molecule has 11 heavy (non-hydrogen) atoms. The molecule has 4 unspecified atom stereocenters. The van der Waals surface area contributed by atoms with E-state index in [1.807, 2.05) is 0 Å². The molecule has 2 fully saturated rings. The maximum atomic E-state index is 9.56. The van der Waals surface area contributed by atoms with E-state index >= 15 is 0 Å². The number of aliphatic hydroxyl groups excluding tert-OH is 2. The van der Waals surface area contributed by atoms with Crippen LogP contribution in [0.25, 0.3) is 0 Å². The summed E-state index contributed by atoms with van der Waals surface area (Å²) in [6.07, 6.45) is 3.43. The van der Waals surface area contributed by atoms with Gasteiger partial charge in [0.15, 0.2) is 0 Å². The van der Waals surface area contributed by atoms with Crippen LogP contribution in [-0.4, -0.2) is 32.9 Å². The van der Waals surface area contributed by atoms with E-state index in [1.165, 1.54) is 0 Å². The molecule has 4 atom stereocenters. The molecule has 0 spiro atoms. The van der Waals surface area contributed by atoms with Crippen molar-refractivity contribution in [1.29, 1.82) is 0 Å². The lowest BCUT2D eigenvalue weighted by atomic mass is 9.97. The van der Waals surface area contributed by atoms with Crippen molar-refractivity contribution in [1.82, 2.24) is 0 Å². The molecular formula is C8H14O2S. The van der Waals surface area contributed by atoms with Gasteiger partial charge in [-0.3, -0.25) is 0 Å². The number of hydrogen-bond donors (Lipinski definition) is 2. The minimum atomic E-state index is -0.165. The van der Waals surface area contributed by atoms with Crippen LogP contribution in [0.5, 0.6) is 0 Å². The zero-order chi connectivity index (χ0) is 7.84. The summed E-state index contributed by atoms with van der Waals surface area (Å²) in [6, 6.07) is 0. The summed E-state index contributed by atoms with van der Waals surface area (Å²) in [5.41, 5.74) is 0. The SMILES string of the molecule is OC1CCC(O)C2CCC1S2. The van der Waals surface area contributed by atoms with Crippen molar-refractivity contribution in [2.45, 2.75) is 48.4 Å². The molecule has 0 saturated carbocycles. The molecule has 3 heteroatoms. The molecule has 64 valence electrons. The van der Waals surface area contributed by atoms with Crippen LogP contribution < -0.4 is 0 Å². The smallest absolute Gasteiger partial charge is 0.0659 e. The molecule has 0 aliphatic carbocycles. The van der Waals surface area contributed by atoms with Crippen molar-refractivity contribution in [2.75, 3.05) is 0 Å². The van der Waals surface area contributed by atoms with E-state index < -0.39 is 0 Å². The van der Waals surface area contributed by atoms with Gasteiger partial charge in [-0.2, -0.15) is 0 Å². The molecule has 2 aliphatic rings. The summed E-state index contributed by atoms with van der Waals surface area (Å²) >= 11 is 1.79.